The number of carbonyl (C=O) groups is 1. The van der Waals surface area contributed by atoms with Gasteiger partial charge in [-0.25, -0.2) is 12.8 Å². The Bertz CT molecular complexity index is 1160. The first kappa shape index (κ1) is 20.6. The fraction of sp³-hybridized carbons (Fsp3) is 0.316. The molecule has 1 aliphatic heterocycles. The van der Waals surface area contributed by atoms with Gasteiger partial charge in [0, 0.05) is 26.2 Å². The second-order valence-electron chi connectivity index (χ2n) is 6.83. The second-order valence-corrected chi connectivity index (χ2v) is 9.27. The van der Waals surface area contributed by atoms with E-state index in [2.05, 4.69) is 8.75 Å². The Kier molecular flexibility index (Phi) is 5.67. The molecule has 4 rings (SSSR count). The standard InChI is InChI=1S/C19H19FN4O4S2/c1-13(28-15-7-5-14(20)6-8-15)19(25)23-9-11-24(12-10-23)30(26,27)17-4-2-3-16-18(17)22-29-21-16/h2-8,13H,9-12H2,1H3. The molecule has 0 aliphatic carbocycles. The number of nitrogens with zero attached hydrogens (tertiary/aromatic N) is 4. The minimum absolute atomic E-state index is 0.126. The number of carbonyl (C=O) groups excluding carboxylic acids is 1. The molecule has 0 saturated carbocycles. The lowest BCUT2D eigenvalue weighted by Crippen LogP contribution is -2.53. The van der Waals surface area contributed by atoms with Crippen molar-refractivity contribution in [2.45, 2.75) is 17.9 Å². The summed E-state index contributed by atoms with van der Waals surface area (Å²) in [6, 6.07) is 10.3. The molecule has 11 heteroatoms. The minimum Gasteiger partial charge on any atom is -0.481 e. The molecule has 30 heavy (non-hydrogen) atoms. The maximum absolute atomic E-state index is 13.1. The molecule has 0 spiro atoms. The smallest absolute Gasteiger partial charge is 0.263 e. The van der Waals surface area contributed by atoms with Crippen LogP contribution in [0.25, 0.3) is 11.0 Å². The first-order chi connectivity index (χ1) is 14.4. The summed E-state index contributed by atoms with van der Waals surface area (Å²) >= 11 is 0.968. The average molecular weight is 451 g/mol. The van der Waals surface area contributed by atoms with Crippen LogP contribution in [-0.2, 0) is 14.8 Å². The van der Waals surface area contributed by atoms with E-state index in [0.717, 1.165) is 11.7 Å². The van der Waals surface area contributed by atoms with Crippen LogP contribution >= 0.6 is 11.7 Å². The Morgan fingerprint density at radius 1 is 1.10 bits per heavy atom. The van der Waals surface area contributed by atoms with E-state index in [1.807, 2.05) is 0 Å². The van der Waals surface area contributed by atoms with Crippen molar-refractivity contribution in [2.24, 2.45) is 0 Å². The number of amides is 1. The number of halogens is 1. The molecule has 2 aromatic carbocycles. The van der Waals surface area contributed by atoms with Crippen molar-refractivity contribution in [1.82, 2.24) is 18.0 Å². The lowest BCUT2D eigenvalue weighted by molar-refractivity contribution is -0.139. The Labute approximate surface area is 177 Å². The summed E-state index contributed by atoms with van der Waals surface area (Å²) < 4.78 is 54.3. The van der Waals surface area contributed by atoms with Gasteiger partial charge in [0.05, 0.1) is 11.7 Å². The van der Waals surface area contributed by atoms with Crippen molar-refractivity contribution < 1.29 is 22.3 Å². The highest BCUT2D eigenvalue weighted by Gasteiger charge is 2.33. The Morgan fingerprint density at radius 3 is 2.50 bits per heavy atom. The normalized spacial score (nSPS) is 16.5. The van der Waals surface area contributed by atoms with Gasteiger partial charge in [0.1, 0.15) is 27.5 Å². The fourth-order valence-electron chi connectivity index (χ4n) is 3.30. The number of benzene rings is 2. The van der Waals surface area contributed by atoms with Crippen molar-refractivity contribution in [3.63, 3.8) is 0 Å². The largest absolute Gasteiger partial charge is 0.481 e. The van der Waals surface area contributed by atoms with Crippen LogP contribution in [-0.4, -0.2) is 64.6 Å². The highest BCUT2D eigenvalue weighted by atomic mass is 32.2. The molecule has 1 unspecified atom stereocenters. The van der Waals surface area contributed by atoms with E-state index in [4.69, 9.17) is 4.74 Å². The molecule has 0 radical (unpaired) electrons. The van der Waals surface area contributed by atoms with E-state index in [9.17, 15) is 17.6 Å². The van der Waals surface area contributed by atoms with Crippen LogP contribution < -0.4 is 4.74 Å². The molecule has 1 aliphatic rings. The van der Waals surface area contributed by atoms with E-state index < -0.39 is 16.1 Å². The fourth-order valence-corrected chi connectivity index (χ4v) is 5.48. The van der Waals surface area contributed by atoms with Gasteiger partial charge in [-0.15, -0.1) is 0 Å². The summed E-state index contributed by atoms with van der Waals surface area (Å²) in [5.41, 5.74) is 0.906. The molecule has 0 bridgehead atoms. The van der Waals surface area contributed by atoms with Gasteiger partial charge in [0.2, 0.25) is 10.0 Å². The highest BCUT2D eigenvalue weighted by Crippen LogP contribution is 2.25. The molecular formula is C19H19FN4O4S2. The third-order valence-electron chi connectivity index (χ3n) is 4.89. The molecule has 158 valence electrons. The first-order valence-corrected chi connectivity index (χ1v) is 11.5. The quantitative estimate of drug-likeness (QED) is 0.591. The number of hydrogen-bond acceptors (Lipinski definition) is 7. The molecular weight excluding hydrogens is 431 g/mol. The van der Waals surface area contributed by atoms with Crippen LogP contribution in [0.2, 0.25) is 0 Å². The monoisotopic (exact) mass is 450 g/mol. The number of hydrogen-bond donors (Lipinski definition) is 0. The molecule has 1 atom stereocenters. The number of aromatic nitrogens is 2. The minimum atomic E-state index is -3.75. The number of ether oxygens (including phenoxy) is 1. The Morgan fingerprint density at radius 2 is 1.80 bits per heavy atom. The van der Waals surface area contributed by atoms with Crippen molar-refractivity contribution >= 4 is 38.7 Å². The number of piperazine rings is 1. The zero-order valence-electron chi connectivity index (χ0n) is 16.1. The molecule has 2 heterocycles. The van der Waals surface area contributed by atoms with Gasteiger partial charge in [-0.2, -0.15) is 13.1 Å². The van der Waals surface area contributed by atoms with Crippen LogP contribution in [0.4, 0.5) is 4.39 Å². The Hall–Kier alpha value is -2.63. The Balaban J connectivity index is 1.41. The molecule has 1 saturated heterocycles. The van der Waals surface area contributed by atoms with Gasteiger partial charge in [0.15, 0.2) is 6.10 Å². The summed E-state index contributed by atoms with van der Waals surface area (Å²) in [5, 5.41) is 0. The van der Waals surface area contributed by atoms with Crippen LogP contribution in [0, 0.1) is 5.82 Å². The van der Waals surface area contributed by atoms with Gasteiger partial charge in [-0.1, -0.05) is 6.07 Å². The molecule has 3 aromatic rings. The van der Waals surface area contributed by atoms with Gasteiger partial charge < -0.3 is 9.64 Å². The van der Waals surface area contributed by atoms with Gasteiger partial charge in [-0.3, -0.25) is 4.79 Å². The van der Waals surface area contributed by atoms with E-state index in [1.165, 1.54) is 34.6 Å². The zero-order chi connectivity index (χ0) is 21.3. The van der Waals surface area contributed by atoms with Crippen molar-refractivity contribution in [1.29, 1.82) is 0 Å². The molecule has 1 aromatic heterocycles. The second kappa shape index (κ2) is 8.25. The predicted octanol–water partition coefficient (Wildman–Crippen LogP) is 2.13. The summed E-state index contributed by atoms with van der Waals surface area (Å²) in [4.78, 5) is 14.4. The van der Waals surface area contributed by atoms with Crippen molar-refractivity contribution in [2.75, 3.05) is 26.2 Å². The summed E-state index contributed by atoms with van der Waals surface area (Å²) in [6.07, 6.45) is -0.770. The van der Waals surface area contributed by atoms with Crippen LogP contribution in [0.5, 0.6) is 5.75 Å². The van der Waals surface area contributed by atoms with E-state index in [1.54, 1.807) is 24.0 Å². The molecule has 8 nitrogen and oxygen atoms in total. The van der Waals surface area contributed by atoms with Crippen molar-refractivity contribution in [3.8, 4) is 5.75 Å². The average Bonchev–Trinajstić information content (AvgIpc) is 3.23. The lowest BCUT2D eigenvalue weighted by Gasteiger charge is -2.35. The van der Waals surface area contributed by atoms with E-state index in [0.29, 0.717) is 16.8 Å². The SMILES string of the molecule is CC(Oc1ccc(F)cc1)C(=O)N1CCN(S(=O)(=O)c2cccc3nsnc23)CC1. The lowest BCUT2D eigenvalue weighted by atomic mass is 10.2. The van der Waals surface area contributed by atoms with Crippen LogP contribution in [0.15, 0.2) is 47.4 Å². The summed E-state index contributed by atoms with van der Waals surface area (Å²) in [5.74, 6) is -0.242. The van der Waals surface area contributed by atoms with Gasteiger partial charge in [0.25, 0.3) is 5.91 Å². The number of fused-ring (bicyclic) bond motifs is 1. The van der Waals surface area contributed by atoms with Gasteiger partial charge in [-0.05, 0) is 43.3 Å². The van der Waals surface area contributed by atoms with E-state index >= 15 is 0 Å². The maximum atomic E-state index is 13.1. The predicted molar refractivity (Wildman–Crippen MR) is 109 cm³/mol. The van der Waals surface area contributed by atoms with E-state index in [-0.39, 0.29) is 42.8 Å². The summed E-state index contributed by atoms with van der Waals surface area (Å²) in [6.45, 7) is 2.46. The first-order valence-electron chi connectivity index (χ1n) is 9.29. The molecule has 1 amide bonds. The zero-order valence-corrected chi connectivity index (χ0v) is 17.7. The maximum Gasteiger partial charge on any atom is 0.263 e. The third kappa shape index (κ3) is 4.00. The van der Waals surface area contributed by atoms with Crippen LogP contribution in [0.3, 0.4) is 0 Å². The molecule has 0 N–H and O–H groups in total. The third-order valence-corrected chi connectivity index (χ3v) is 7.36. The van der Waals surface area contributed by atoms with Crippen molar-refractivity contribution in [3.05, 3.63) is 48.3 Å². The van der Waals surface area contributed by atoms with Crippen LogP contribution in [0.1, 0.15) is 6.92 Å². The number of sulfonamides is 1. The molecule has 1 fully saturated rings. The van der Waals surface area contributed by atoms with Gasteiger partial charge >= 0.3 is 0 Å². The highest BCUT2D eigenvalue weighted by molar-refractivity contribution is 7.89. The summed E-state index contributed by atoms with van der Waals surface area (Å²) in [7, 11) is -3.75. The number of rotatable bonds is 5. The topological polar surface area (TPSA) is 92.7 Å².